The molecule has 1 amide bonds. The fourth-order valence-corrected chi connectivity index (χ4v) is 1.42. The molecule has 0 aliphatic rings. The van der Waals surface area contributed by atoms with Gasteiger partial charge in [0.15, 0.2) is 0 Å². The molecule has 0 aliphatic heterocycles. The number of nitrogen functional groups attached to an aromatic ring is 1. The highest BCUT2D eigenvalue weighted by molar-refractivity contribution is 5.92. The third-order valence-corrected chi connectivity index (χ3v) is 2.31. The summed E-state index contributed by atoms with van der Waals surface area (Å²) in [5.41, 5.74) is 3.64. The number of amides is 1. The van der Waals surface area contributed by atoms with Gasteiger partial charge in [-0.2, -0.15) is 0 Å². The monoisotopic (exact) mass is 243 g/mol. The van der Waals surface area contributed by atoms with Gasteiger partial charge in [-0.1, -0.05) is 12.1 Å². The van der Waals surface area contributed by atoms with Crippen LogP contribution in [0, 0.1) is 0 Å². The van der Waals surface area contributed by atoms with E-state index in [2.05, 4.69) is 20.7 Å². The van der Waals surface area contributed by atoms with Gasteiger partial charge in [-0.15, -0.1) is 0 Å². The summed E-state index contributed by atoms with van der Waals surface area (Å²) in [6, 6.07) is 8.72. The fourth-order valence-electron chi connectivity index (χ4n) is 1.42. The zero-order chi connectivity index (χ0) is 12.8. The number of carbonyl (C=O) groups is 1. The summed E-state index contributed by atoms with van der Waals surface area (Å²) in [4.78, 5) is 19.8. The summed E-state index contributed by atoms with van der Waals surface area (Å²) in [5, 5.41) is 2.76. The predicted octanol–water partition coefficient (Wildman–Crippen LogP) is 0.692. The van der Waals surface area contributed by atoms with Crippen LogP contribution in [0.3, 0.4) is 0 Å². The molecule has 2 aromatic heterocycles. The lowest BCUT2D eigenvalue weighted by Gasteiger charge is -2.05. The molecule has 6 heteroatoms. The third kappa shape index (κ3) is 3.02. The van der Waals surface area contributed by atoms with E-state index in [9.17, 15) is 4.79 Å². The Balaban J connectivity index is 1.99. The molecule has 2 rings (SSSR count). The van der Waals surface area contributed by atoms with Crippen molar-refractivity contribution in [1.82, 2.24) is 15.3 Å². The molecule has 0 radical (unpaired) electrons. The van der Waals surface area contributed by atoms with Crippen LogP contribution in [0.25, 0.3) is 0 Å². The van der Waals surface area contributed by atoms with Crippen molar-refractivity contribution in [3.63, 3.8) is 0 Å². The Labute approximate surface area is 104 Å². The molecule has 4 N–H and O–H groups in total. The topological polar surface area (TPSA) is 92.9 Å². The number of pyridine rings is 2. The molecule has 0 aliphatic carbocycles. The van der Waals surface area contributed by atoms with Crippen LogP contribution >= 0.6 is 0 Å². The molecule has 0 unspecified atom stereocenters. The maximum Gasteiger partial charge on any atom is 0.270 e. The molecule has 2 heterocycles. The molecule has 18 heavy (non-hydrogen) atoms. The first kappa shape index (κ1) is 12.0. The lowest BCUT2D eigenvalue weighted by molar-refractivity contribution is 0.0946. The first-order chi connectivity index (χ1) is 8.79. The first-order valence-electron chi connectivity index (χ1n) is 5.40. The number of hydrogen-bond donors (Lipinski definition) is 3. The van der Waals surface area contributed by atoms with E-state index in [1.165, 1.54) is 0 Å². The highest BCUT2D eigenvalue weighted by Crippen LogP contribution is 2.03. The van der Waals surface area contributed by atoms with E-state index in [0.717, 1.165) is 5.56 Å². The van der Waals surface area contributed by atoms with Crippen molar-refractivity contribution < 1.29 is 4.79 Å². The zero-order valence-electron chi connectivity index (χ0n) is 9.63. The maximum absolute atomic E-state index is 11.8. The molecule has 0 aromatic carbocycles. The quantitative estimate of drug-likeness (QED) is 0.542. The Morgan fingerprint density at radius 1 is 1.28 bits per heavy atom. The van der Waals surface area contributed by atoms with Crippen LogP contribution in [0.15, 0.2) is 42.7 Å². The zero-order valence-corrected chi connectivity index (χ0v) is 9.63. The Morgan fingerprint density at radius 3 is 2.89 bits per heavy atom. The summed E-state index contributed by atoms with van der Waals surface area (Å²) in [5.74, 6) is 5.43. The van der Waals surface area contributed by atoms with Gasteiger partial charge < -0.3 is 10.7 Å². The van der Waals surface area contributed by atoms with Crippen molar-refractivity contribution in [2.75, 3.05) is 5.43 Å². The highest BCUT2D eigenvalue weighted by atomic mass is 16.1. The number of anilines is 1. The number of hydrazine groups is 1. The minimum atomic E-state index is -0.254. The van der Waals surface area contributed by atoms with Gasteiger partial charge >= 0.3 is 0 Å². The molecule has 6 nitrogen and oxygen atoms in total. The van der Waals surface area contributed by atoms with E-state index in [1.54, 1.807) is 30.6 Å². The van der Waals surface area contributed by atoms with Gasteiger partial charge in [0.1, 0.15) is 11.5 Å². The van der Waals surface area contributed by atoms with Gasteiger partial charge in [0.2, 0.25) is 0 Å². The van der Waals surface area contributed by atoms with Gasteiger partial charge in [0.05, 0.1) is 0 Å². The molecule has 0 spiro atoms. The predicted molar refractivity (Wildman–Crippen MR) is 67.5 cm³/mol. The van der Waals surface area contributed by atoms with Gasteiger partial charge in [0, 0.05) is 18.9 Å². The number of hydrogen-bond acceptors (Lipinski definition) is 5. The van der Waals surface area contributed by atoms with Crippen molar-refractivity contribution in [1.29, 1.82) is 0 Å². The number of rotatable bonds is 4. The van der Waals surface area contributed by atoms with Gasteiger partial charge in [-0.05, 0) is 23.8 Å². The van der Waals surface area contributed by atoms with E-state index in [1.807, 2.05) is 12.1 Å². The largest absolute Gasteiger partial charge is 0.347 e. The van der Waals surface area contributed by atoms with Crippen molar-refractivity contribution in [2.24, 2.45) is 5.84 Å². The normalized spacial score (nSPS) is 9.83. The van der Waals surface area contributed by atoms with Crippen LogP contribution in [-0.4, -0.2) is 15.9 Å². The van der Waals surface area contributed by atoms with Crippen molar-refractivity contribution in [2.45, 2.75) is 6.54 Å². The number of nitrogens with zero attached hydrogens (tertiary/aromatic N) is 2. The minimum absolute atomic E-state index is 0.254. The molecule has 0 atom stereocenters. The smallest absolute Gasteiger partial charge is 0.270 e. The Bertz CT molecular complexity index is 529. The fraction of sp³-hybridized carbons (Fsp3) is 0.0833. The average Bonchev–Trinajstić information content (AvgIpc) is 2.46. The number of nitrogens with one attached hydrogen (secondary N) is 2. The Hall–Kier alpha value is -2.47. The Kier molecular flexibility index (Phi) is 3.83. The number of carbonyl (C=O) groups excluding carboxylic acids is 1. The number of aromatic nitrogens is 2. The lowest BCUT2D eigenvalue weighted by Crippen LogP contribution is -2.24. The standard InChI is InChI=1S/C12H13N5O/c13-17-11-5-1-4-10(16-11)12(18)15-8-9-3-2-6-14-7-9/h1-7H,8,13H2,(H,15,18)(H,16,17). The van der Waals surface area contributed by atoms with E-state index >= 15 is 0 Å². The first-order valence-corrected chi connectivity index (χ1v) is 5.40. The summed E-state index contributed by atoms with van der Waals surface area (Å²) in [6.07, 6.45) is 3.38. The second-order valence-corrected chi connectivity index (χ2v) is 3.60. The van der Waals surface area contributed by atoms with Crippen LogP contribution in [0.5, 0.6) is 0 Å². The van der Waals surface area contributed by atoms with E-state index in [0.29, 0.717) is 18.1 Å². The summed E-state index contributed by atoms with van der Waals surface area (Å²) in [6.45, 7) is 0.411. The molecule has 0 bridgehead atoms. The molecular weight excluding hydrogens is 230 g/mol. The van der Waals surface area contributed by atoms with Crippen molar-refractivity contribution in [3.8, 4) is 0 Å². The van der Waals surface area contributed by atoms with Crippen LogP contribution in [0.1, 0.15) is 16.1 Å². The van der Waals surface area contributed by atoms with Gasteiger partial charge in [-0.3, -0.25) is 9.78 Å². The van der Waals surface area contributed by atoms with Crippen LogP contribution in [0.4, 0.5) is 5.82 Å². The minimum Gasteiger partial charge on any atom is -0.347 e. The van der Waals surface area contributed by atoms with Crippen LogP contribution in [0.2, 0.25) is 0 Å². The highest BCUT2D eigenvalue weighted by Gasteiger charge is 2.07. The van der Waals surface area contributed by atoms with Crippen LogP contribution < -0.4 is 16.6 Å². The van der Waals surface area contributed by atoms with Crippen molar-refractivity contribution >= 4 is 11.7 Å². The van der Waals surface area contributed by atoms with Crippen LogP contribution in [-0.2, 0) is 6.54 Å². The molecular formula is C12H13N5O. The molecule has 2 aromatic rings. The van der Waals surface area contributed by atoms with Gasteiger partial charge in [-0.25, -0.2) is 10.8 Å². The van der Waals surface area contributed by atoms with E-state index in [4.69, 9.17) is 5.84 Å². The van der Waals surface area contributed by atoms with Crippen molar-refractivity contribution in [3.05, 3.63) is 54.0 Å². The molecule has 0 fully saturated rings. The molecule has 0 saturated carbocycles. The van der Waals surface area contributed by atoms with E-state index < -0.39 is 0 Å². The van der Waals surface area contributed by atoms with E-state index in [-0.39, 0.29) is 5.91 Å². The SMILES string of the molecule is NNc1cccc(C(=O)NCc2cccnc2)n1. The maximum atomic E-state index is 11.8. The van der Waals surface area contributed by atoms with Gasteiger partial charge in [0.25, 0.3) is 5.91 Å². The summed E-state index contributed by atoms with van der Waals surface area (Å²) >= 11 is 0. The number of nitrogens with two attached hydrogens (primary N) is 1. The second kappa shape index (κ2) is 5.74. The average molecular weight is 243 g/mol. The summed E-state index contributed by atoms with van der Waals surface area (Å²) in [7, 11) is 0. The second-order valence-electron chi connectivity index (χ2n) is 3.60. The summed E-state index contributed by atoms with van der Waals surface area (Å²) < 4.78 is 0. The molecule has 92 valence electrons. The lowest BCUT2D eigenvalue weighted by atomic mass is 10.2. The Morgan fingerprint density at radius 2 is 2.17 bits per heavy atom. The molecule has 0 saturated heterocycles. The third-order valence-electron chi connectivity index (χ3n) is 2.31.